The number of rotatable bonds is 8. The molecule has 1 atom stereocenters. The molecule has 1 aliphatic rings. The minimum atomic E-state index is -1.28. The number of methoxy groups -OCH3 is 2. The van der Waals surface area contributed by atoms with Crippen molar-refractivity contribution in [3.8, 4) is 11.5 Å². The lowest BCUT2D eigenvalue weighted by Crippen LogP contribution is -2.55. The monoisotopic (exact) mass is 337 g/mol. The number of carboxylic acid groups (broad SMARTS) is 1. The molecule has 1 saturated heterocycles. The number of amides is 1. The second-order valence-electron chi connectivity index (χ2n) is 5.77. The number of carbonyl (C=O) groups excluding carboxylic acids is 1. The Kier molecular flexibility index (Phi) is 6.03. The molecule has 0 radical (unpaired) electrons. The van der Waals surface area contributed by atoms with E-state index in [2.05, 4.69) is 5.32 Å². The average molecular weight is 337 g/mol. The Morgan fingerprint density at radius 3 is 2.71 bits per heavy atom. The zero-order valence-electron chi connectivity index (χ0n) is 14.0. The Bertz CT molecular complexity index is 595. The van der Waals surface area contributed by atoms with Crippen LogP contribution in [0.4, 0.5) is 0 Å². The van der Waals surface area contributed by atoms with Gasteiger partial charge in [0.2, 0.25) is 5.91 Å². The number of carboxylic acids is 1. The first-order chi connectivity index (χ1) is 11.5. The van der Waals surface area contributed by atoms with E-state index in [-0.39, 0.29) is 18.9 Å². The number of carbonyl (C=O) groups is 2. The number of aliphatic carboxylic acids is 1. The van der Waals surface area contributed by atoms with Gasteiger partial charge < -0.3 is 24.6 Å². The smallest absolute Gasteiger partial charge is 0.331 e. The lowest BCUT2D eigenvalue weighted by atomic mass is 9.98. The normalized spacial score (nSPS) is 19.8. The van der Waals surface area contributed by atoms with Crippen molar-refractivity contribution >= 4 is 11.9 Å². The second-order valence-corrected chi connectivity index (χ2v) is 5.77. The molecule has 1 unspecified atom stereocenters. The lowest BCUT2D eigenvalue weighted by molar-refractivity contribution is -0.147. The molecule has 132 valence electrons. The molecule has 24 heavy (non-hydrogen) atoms. The molecule has 1 aromatic carbocycles. The van der Waals surface area contributed by atoms with Crippen molar-refractivity contribution in [2.75, 3.05) is 27.4 Å². The predicted octanol–water partition coefficient (Wildman–Crippen LogP) is 1.39. The van der Waals surface area contributed by atoms with Crippen molar-refractivity contribution in [2.24, 2.45) is 0 Å². The van der Waals surface area contributed by atoms with Gasteiger partial charge in [-0.15, -0.1) is 0 Å². The van der Waals surface area contributed by atoms with Crippen molar-refractivity contribution in [1.29, 1.82) is 0 Å². The van der Waals surface area contributed by atoms with Crippen LogP contribution in [0.5, 0.6) is 11.5 Å². The third-order valence-electron chi connectivity index (χ3n) is 4.15. The second kappa shape index (κ2) is 8.01. The molecule has 7 nitrogen and oxygen atoms in total. The van der Waals surface area contributed by atoms with E-state index < -0.39 is 11.5 Å². The molecule has 1 heterocycles. The van der Waals surface area contributed by atoms with Crippen molar-refractivity contribution in [3.63, 3.8) is 0 Å². The third kappa shape index (κ3) is 4.17. The first kappa shape index (κ1) is 18.1. The largest absolute Gasteiger partial charge is 0.497 e. The number of hydrogen-bond acceptors (Lipinski definition) is 5. The van der Waals surface area contributed by atoms with Crippen LogP contribution in [-0.2, 0) is 20.7 Å². The maximum absolute atomic E-state index is 12.1. The van der Waals surface area contributed by atoms with Gasteiger partial charge in [-0.3, -0.25) is 4.79 Å². The van der Waals surface area contributed by atoms with Crippen LogP contribution in [0.15, 0.2) is 18.2 Å². The molecule has 0 saturated carbocycles. The predicted molar refractivity (Wildman–Crippen MR) is 86.4 cm³/mol. The molecule has 0 aromatic heterocycles. The van der Waals surface area contributed by atoms with Crippen LogP contribution in [0.25, 0.3) is 0 Å². The highest BCUT2D eigenvalue weighted by Gasteiger charge is 2.43. The van der Waals surface area contributed by atoms with Crippen LogP contribution in [0, 0.1) is 0 Å². The van der Waals surface area contributed by atoms with E-state index >= 15 is 0 Å². The number of nitrogens with one attached hydrogen (secondary N) is 1. The SMILES string of the molecule is COc1ccc(CCCC(=O)NC2(C(=O)O)CCOC2)c(OC)c1. The van der Waals surface area contributed by atoms with E-state index in [0.29, 0.717) is 37.4 Å². The lowest BCUT2D eigenvalue weighted by Gasteiger charge is -2.23. The summed E-state index contributed by atoms with van der Waals surface area (Å²) < 4.78 is 15.6. The van der Waals surface area contributed by atoms with Crippen LogP contribution in [0.3, 0.4) is 0 Å². The Labute approximate surface area is 140 Å². The molecule has 7 heteroatoms. The van der Waals surface area contributed by atoms with Gasteiger partial charge in [0.25, 0.3) is 0 Å². The van der Waals surface area contributed by atoms with Crippen LogP contribution in [-0.4, -0.2) is 50.0 Å². The van der Waals surface area contributed by atoms with Crippen LogP contribution in [0.2, 0.25) is 0 Å². The maximum atomic E-state index is 12.1. The minimum absolute atomic E-state index is 0.0143. The summed E-state index contributed by atoms with van der Waals surface area (Å²) in [5.41, 5.74) is -0.308. The molecule has 2 N–H and O–H groups in total. The molecular formula is C17H23NO6. The van der Waals surface area contributed by atoms with Gasteiger partial charge in [-0.2, -0.15) is 0 Å². The summed E-state index contributed by atoms with van der Waals surface area (Å²) in [5, 5.41) is 11.9. The summed E-state index contributed by atoms with van der Waals surface area (Å²) in [4.78, 5) is 23.4. The van der Waals surface area contributed by atoms with E-state index in [1.54, 1.807) is 20.3 Å². The van der Waals surface area contributed by atoms with E-state index in [0.717, 1.165) is 5.56 Å². The highest BCUT2D eigenvalue weighted by molar-refractivity contribution is 5.87. The number of benzene rings is 1. The summed E-state index contributed by atoms with van der Waals surface area (Å²) >= 11 is 0. The van der Waals surface area contributed by atoms with Crippen molar-refractivity contribution in [2.45, 2.75) is 31.2 Å². The Morgan fingerprint density at radius 2 is 2.12 bits per heavy atom. The molecule has 1 aromatic rings. The number of aryl methyl sites for hydroxylation is 1. The fourth-order valence-corrected chi connectivity index (χ4v) is 2.71. The topological polar surface area (TPSA) is 94.1 Å². The molecule has 2 rings (SSSR count). The fraction of sp³-hybridized carbons (Fsp3) is 0.529. The van der Waals surface area contributed by atoms with Crippen molar-refractivity contribution < 1.29 is 28.9 Å². The Hall–Kier alpha value is -2.28. The number of hydrogen-bond donors (Lipinski definition) is 2. The zero-order chi connectivity index (χ0) is 17.6. The molecule has 0 bridgehead atoms. The molecule has 1 aliphatic heterocycles. The summed E-state index contributed by atoms with van der Waals surface area (Å²) in [6.07, 6.45) is 1.77. The summed E-state index contributed by atoms with van der Waals surface area (Å²) in [6, 6.07) is 5.54. The molecule has 0 aliphatic carbocycles. The van der Waals surface area contributed by atoms with Gasteiger partial charge in [0.05, 0.1) is 20.8 Å². The minimum Gasteiger partial charge on any atom is -0.497 e. The van der Waals surface area contributed by atoms with Gasteiger partial charge in [-0.05, 0) is 24.5 Å². The van der Waals surface area contributed by atoms with Crippen LogP contribution < -0.4 is 14.8 Å². The Balaban J connectivity index is 1.87. The Morgan fingerprint density at radius 1 is 1.33 bits per heavy atom. The fourth-order valence-electron chi connectivity index (χ4n) is 2.71. The summed E-state index contributed by atoms with van der Waals surface area (Å²) in [6.45, 7) is 0.357. The van der Waals surface area contributed by atoms with Gasteiger partial charge >= 0.3 is 5.97 Å². The summed E-state index contributed by atoms with van der Waals surface area (Å²) in [7, 11) is 3.17. The average Bonchev–Trinajstić information content (AvgIpc) is 3.04. The zero-order valence-corrected chi connectivity index (χ0v) is 14.0. The van der Waals surface area contributed by atoms with E-state index in [9.17, 15) is 14.7 Å². The molecule has 1 fully saturated rings. The molecule has 0 spiro atoms. The van der Waals surface area contributed by atoms with Gasteiger partial charge in [0, 0.05) is 25.5 Å². The van der Waals surface area contributed by atoms with E-state index in [1.165, 1.54) is 0 Å². The molecular weight excluding hydrogens is 314 g/mol. The van der Waals surface area contributed by atoms with Gasteiger partial charge in [0.15, 0.2) is 5.54 Å². The standard InChI is InChI=1S/C17H23NO6/c1-22-13-7-6-12(14(10-13)23-2)4-3-5-15(19)18-17(16(20)21)8-9-24-11-17/h6-7,10H,3-5,8-9,11H2,1-2H3,(H,18,19)(H,20,21). The van der Waals surface area contributed by atoms with Crippen molar-refractivity contribution in [1.82, 2.24) is 5.32 Å². The van der Waals surface area contributed by atoms with Gasteiger partial charge in [-0.25, -0.2) is 4.79 Å². The quantitative estimate of drug-likeness (QED) is 0.744. The van der Waals surface area contributed by atoms with Gasteiger partial charge in [-0.1, -0.05) is 6.07 Å². The molecule has 1 amide bonds. The van der Waals surface area contributed by atoms with E-state index in [1.807, 2.05) is 12.1 Å². The van der Waals surface area contributed by atoms with E-state index in [4.69, 9.17) is 14.2 Å². The van der Waals surface area contributed by atoms with Crippen LogP contribution >= 0.6 is 0 Å². The van der Waals surface area contributed by atoms with Crippen LogP contribution in [0.1, 0.15) is 24.8 Å². The third-order valence-corrected chi connectivity index (χ3v) is 4.15. The maximum Gasteiger partial charge on any atom is 0.331 e. The van der Waals surface area contributed by atoms with Crippen molar-refractivity contribution in [3.05, 3.63) is 23.8 Å². The summed E-state index contributed by atoms with van der Waals surface area (Å²) in [5.74, 6) is 0.0829. The highest BCUT2D eigenvalue weighted by Crippen LogP contribution is 2.26. The number of ether oxygens (including phenoxy) is 3. The van der Waals surface area contributed by atoms with Gasteiger partial charge in [0.1, 0.15) is 11.5 Å². The first-order valence-corrected chi connectivity index (χ1v) is 7.84. The highest BCUT2D eigenvalue weighted by atomic mass is 16.5. The first-order valence-electron chi connectivity index (χ1n) is 7.84.